The van der Waals surface area contributed by atoms with Crippen LogP contribution in [0.2, 0.25) is 0 Å². The largest absolute Gasteiger partial charge is 0.600 e. The fourth-order valence-electron chi connectivity index (χ4n) is 3.80. The number of carbonyl (C=O) groups is 1. The minimum Gasteiger partial charge on any atom is -0.600 e. The van der Waals surface area contributed by atoms with E-state index in [4.69, 9.17) is 5.21 Å². The molecular formula is C15H30N3O3+. The van der Waals surface area contributed by atoms with E-state index >= 15 is 0 Å². The van der Waals surface area contributed by atoms with E-state index in [-0.39, 0.29) is 12.0 Å². The minimum atomic E-state index is -0.730. The first-order chi connectivity index (χ1) is 9.97. The molecule has 1 heterocycles. The van der Waals surface area contributed by atoms with Gasteiger partial charge in [0.05, 0.1) is 13.1 Å². The Morgan fingerprint density at radius 1 is 1.29 bits per heavy atom. The Kier molecular flexibility index (Phi) is 6.13. The van der Waals surface area contributed by atoms with E-state index in [1.807, 2.05) is 0 Å². The molecule has 6 nitrogen and oxygen atoms in total. The van der Waals surface area contributed by atoms with Gasteiger partial charge in [0.2, 0.25) is 0 Å². The molecule has 0 aromatic rings. The molecule has 21 heavy (non-hydrogen) atoms. The average molecular weight is 300 g/mol. The molecule has 3 atom stereocenters. The first-order valence-corrected chi connectivity index (χ1v) is 8.23. The van der Waals surface area contributed by atoms with E-state index in [0.29, 0.717) is 24.8 Å². The molecule has 0 aromatic heterocycles. The fraction of sp³-hybridized carbons (Fsp3) is 0.933. The van der Waals surface area contributed by atoms with Crippen LogP contribution in [0.3, 0.4) is 0 Å². The van der Waals surface area contributed by atoms with Crippen LogP contribution in [0.5, 0.6) is 0 Å². The Bertz CT molecular complexity index is 341. The number of piperidine rings is 1. The maximum Gasteiger partial charge on any atom is 0.190 e. The number of likely N-dealkylation sites (tertiary alicyclic amines) is 1. The molecule has 3 unspecified atom stereocenters. The number of ketones is 1. The maximum atomic E-state index is 12.4. The van der Waals surface area contributed by atoms with E-state index in [0.717, 1.165) is 45.2 Å². The van der Waals surface area contributed by atoms with Gasteiger partial charge >= 0.3 is 0 Å². The van der Waals surface area contributed by atoms with Gasteiger partial charge in [-0.15, -0.1) is 0 Å². The van der Waals surface area contributed by atoms with Crippen LogP contribution in [0.1, 0.15) is 38.5 Å². The van der Waals surface area contributed by atoms with Crippen molar-refractivity contribution in [2.45, 2.75) is 50.6 Å². The minimum absolute atomic E-state index is 0.0149. The van der Waals surface area contributed by atoms with E-state index in [2.05, 4.69) is 19.0 Å². The number of nitrogens with zero attached hydrogens (tertiary/aromatic N) is 1. The van der Waals surface area contributed by atoms with Gasteiger partial charge in [0.25, 0.3) is 0 Å². The van der Waals surface area contributed by atoms with Crippen LogP contribution in [-0.4, -0.2) is 61.7 Å². The van der Waals surface area contributed by atoms with E-state index < -0.39 is 5.23 Å². The van der Waals surface area contributed by atoms with Gasteiger partial charge in [-0.05, 0) is 26.9 Å². The van der Waals surface area contributed by atoms with Crippen molar-refractivity contribution < 1.29 is 20.1 Å². The van der Waals surface area contributed by atoms with E-state index in [1.54, 1.807) is 0 Å². The first kappa shape index (κ1) is 16.8. The monoisotopic (exact) mass is 300 g/mol. The van der Waals surface area contributed by atoms with Gasteiger partial charge in [0.1, 0.15) is 12.6 Å². The molecule has 1 saturated heterocycles. The molecule has 6 heteroatoms. The Morgan fingerprint density at radius 3 is 2.52 bits per heavy atom. The lowest BCUT2D eigenvalue weighted by Crippen LogP contribution is -3.14. The van der Waals surface area contributed by atoms with Crippen molar-refractivity contribution in [1.82, 2.24) is 4.90 Å². The number of nitrogens with one attached hydrogen (secondary N) is 2. The van der Waals surface area contributed by atoms with Gasteiger partial charge in [0, 0.05) is 37.6 Å². The van der Waals surface area contributed by atoms with Crippen molar-refractivity contribution >= 4 is 5.78 Å². The summed E-state index contributed by atoms with van der Waals surface area (Å²) in [6.07, 6.45) is 5.36. The van der Waals surface area contributed by atoms with Crippen molar-refractivity contribution in [2.75, 3.05) is 33.7 Å². The highest BCUT2D eigenvalue weighted by molar-refractivity contribution is 5.82. The molecule has 2 rings (SSSR count). The fourth-order valence-corrected chi connectivity index (χ4v) is 3.80. The molecule has 2 aliphatic rings. The molecule has 0 radical (unpaired) electrons. The summed E-state index contributed by atoms with van der Waals surface area (Å²) in [5.74, 6) is 0.276. The highest BCUT2D eigenvalue weighted by atomic mass is 16.8. The molecular weight excluding hydrogens is 270 g/mol. The van der Waals surface area contributed by atoms with Crippen LogP contribution in [-0.2, 0) is 4.79 Å². The van der Waals surface area contributed by atoms with Gasteiger partial charge in [-0.2, -0.15) is 0 Å². The maximum absolute atomic E-state index is 12.4. The number of hydrogen-bond acceptors (Lipinski definition) is 4. The van der Waals surface area contributed by atoms with Crippen molar-refractivity contribution in [2.24, 2.45) is 5.92 Å². The normalized spacial score (nSPS) is 35.7. The molecule has 2 fully saturated rings. The zero-order chi connectivity index (χ0) is 15.4. The third kappa shape index (κ3) is 4.72. The van der Waals surface area contributed by atoms with Crippen LogP contribution in [0, 0.1) is 11.1 Å². The molecule has 0 bridgehead atoms. The van der Waals surface area contributed by atoms with E-state index in [9.17, 15) is 10.0 Å². The number of quaternary nitrogens is 2. The first-order valence-electron chi connectivity index (χ1n) is 8.23. The third-order valence-electron chi connectivity index (χ3n) is 5.30. The lowest BCUT2D eigenvalue weighted by atomic mass is 9.83. The predicted octanol–water partition coefficient (Wildman–Crippen LogP) is -1.50. The SMILES string of the molecule is CN(C)C1CC[NH+](CC(=O)C2CCCC([NH+]([O-])O)C2)CC1. The van der Waals surface area contributed by atoms with E-state index in [1.165, 1.54) is 4.90 Å². The highest BCUT2D eigenvalue weighted by Gasteiger charge is 2.33. The smallest absolute Gasteiger partial charge is 0.190 e. The number of hydroxylamine groups is 2. The van der Waals surface area contributed by atoms with Crippen molar-refractivity contribution in [3.8, 4) is 0 Å². The van der Waals surface area contributed by atoms with Crippen molar-refractivity contribution in [1.29, 1.82) is 0 Å². The quantitative estimate of drug-likeness (QED) is 0.540. The Hall–Kier alpha value is -0.530. The summed E-state index contributed by atoms with van der Waals surface area (Å²) < 4.78 is 0. The highest BCUT2D eigenvalue weighted by Crippen LogP contribution is 2.23. The number of rotatable bonds is 5. The van der Waals surface area contributed by atoms with Crippen LogP contribution in [0.25, 0.3) is 0 Å². The molecule has 0 aromatic carbocycles. The standard InChI is InChI=1S/C15H29N3O3/c1-16(2)13-6-8-17(9-7-13)11-15(19)12-4-3-5-14(10-12)18(20)21/h12-14,18,20H,3-11H2,1-2H3/p+1. The Morgan fingerprint density at radius 2 is 1.95 bits per heavy atom. The molecule has 1 aliphatic heterocycles. The number of carbonyl (C=O) groups excluding carboxylic acids is 1. The second kappa shape index (κ2) is 7.65. The van der Waals surface area contributed by atoms with Crippen LogP contribution < -0.4 is 10.1 Å². The van der Waals surface area contributed by atoms with Crippen LogP contribution in [0.4, 0.5) is 0 Å². The van der Waals surface area contributed by atoms with Gasteiger partial charge < -0.3 is 15.0 Å². The summed E-state index contributed by atoms with van der Waals surface area (Å²) in [5, 5.41) is 19.5. The molecule has 0 amide bonds. The number of Topliss-reactive ketones (excluding diaryl/α,β-unsaturated/α-hetero) is 1. The van der Waals surface area contributed by atoms with Gasteiger partial charge in [-0.1, -0.05) is 0 Å². The van der Waals surface area contributed by atoms with Gasteiger partial charge in [-0.25, -0.2) is 10.4 Å². The second-order valence-electron chi connectivity index (χ2n) is 6.99. The van der Waals surface area contributed by atoms with Crippen LogP contribution in [0.15, 0.2) is 0 Å². The van der Waals surface area contributed by atoms with Crippen LogP contribution >= 0.6 is 0 Å². The number of hydrogen-bond donors (Lipinski definition) is 3. The zero-order valence-corrected chi connectivity index (χ0v) is 13.3. The van der Waals surface area contributed by atoms with Crippen molar-refractivity contribution in [3.63, 3.8) is 0 Å². The predicted molar refractivity (Wildman–Crippen MR) is 79.1 cm³/mol. The summed E-state index contributed by atoms with van der Waals surface area (Å²) >= 11 is 0. The molecule has 3 N–H and O–H groups in total. The lowest BCUT2D eigenvalue weighted by molar-refractivity contribution is -1.07. The summed E-state index contributed by atoms with van der Waals surface area (Å²) in [5.41, 5.74) is 0. The topological polar surface area (TPSA) is 72.5 Å². The lowest BCUT2D eigenvalue weighted by Gasteiger charge is -2.34. The molecule has 0 spiro atoms. The zero-order valence-electron chi connectivity index (χ0n) is 13.3. The Balaban J connectivity index is 1.77. The summed E-state index contributed by atoms with van der Waals surface area (Å²) in [7, 11) is 4.24. The second-order valence-corrected chi connectivity index (χ2v) is 6.99. The summed E-state index contributed by atoms with van der Waals surface area (Å²) in [6, 6.07) is 0.345. The van der Waals surface area contributed by atoms with Crippen molar-refractivity contribution in [3.05, 3.63) is 5.21 Å². The van der Waals surface area contributed by atoms with Gasteiger partial charge in [0.15, 0.2) is 5.78 Å². The third-order valence-corrected chi connectivity index (χ3v) is 5.30. The Labute approximate surface area is 127 Å². The average Bonchev–Trinajstić information content (AvgIpc) is 2.48. The molecule has 1 saturated carbocycles. The van der Waals surface area contributed by atoms with Gasteiger partial charge in [-0.3, -0.25) is 4.79 Å². The summed E-state index contributed by atoms with van der Waals surface area (Å²) in [6.45, 7) is 2.71. The molecule has 122 valence electrons. The molecule has 1 aliphatic carbocycles. The summed E-state index contributed by atoms with van der Waals surface area (Å²) in [4.78, 5) is 16.1.